The standard InChI is InChI=1S/C49H94O6/c1-6-7-8-9-10-11-15-19-24-29-34-39-47(50)53-42-46(43-54-48(51)40-35-30-26-21-23-28-33-38-45(4)5)55-49(52)41-36-31-25-20-17-14-12-13-16-18-22-27-32-37-44(2)3/h44-46H,6-43H2,1-5H3/t46-/m1/s1. The lowest BCUT2D eigenvalue weighted by atomic mass is 10.0. The molecule has 0 saturated carbocycles. The Morgan fingerprint density at radius 2 is 0.600 bits per heavy atom. The minimum absolute atomic E-state index is 0.0647. The SMILES string of the molecule is CCCCCCCCCCCCCC(=O)OC[C@H](COC(=O)CCCCCCCCCC(C)C)OC(=O)CCCCCCCCCCCCCCCC(C)C. The Bertz CT molecular complexity index is 839. The molecule has 0 unspecified atom stereocenters. The maximum absolute atomic E-state index is 12.7. The zero-order valence-corrected chi connectivity index (χ0v) is 37.6. The van der Waals surface area contributed by atoms with Gasteiger partial charge in [0.15, 0.2) is 6.10 Å². The Labute approximate surface area is 342 Å². The molecule has 0 fully saturated rings. The van der Waals surface area contributed by atoms with Crippen LogP contribution in [0.3, 0.4) is 0 Å². The van der Waals surface area contributed by atoms with Crippen molar-refractivity contribution in [1.82, 2.24) is 0 Å². The lowest BCUT2D eigenvalue weighted by Crippen LogP contribution is -2.30. The fraction of sp³-hybridized carbons (Fsp3) is 0.939. The molecule has 0 heterocycles. The summed E-state index contributed by atoms with van der Waals surface area (Å²) in [4.78, 5) is 37.8. The van der Waals surface area contributed by atoms with Crippen molar-refractivity contribution in [2.45, 2.75) is 272 Å². The molecule has 326 valence electrons. The van der Waals surface area contributed by atoms with E-state index in [1.807, 2.05) is 0 Å². The van der Waals surface area contributed by atoms with Crippen LogP contribution in [-0.2, 0) is 28.6 Å². The summed E-state index contributed by atoms with van der Waals surface area (Å²) >= 11 is 0. The molecule has 0 aliphatic carbocycles. The Balaban J connectivity index is 4.30. The van der Waals surface area contributed by atoms with Gasteiger partial charge in [-0.3, -0.25) is 14.4 Å². The van der Waals surface area contributed by atoms with Crippen LogP contribution in [0, 0.1) is 11.8 Å². The Hall–Kier alpha value is -1.59. The van der Waals surface area contributed by atoms with E-state index in [4.69, 9.17) is 14.2 Å². The smallest absolute Gasteiger partial charge is 0.306 e. The van der Waals surface area contributed by atoms with Crippen molar-refractivity contribution < 1.29 is 28.6 Å². The van der Waals surface area contributed by atoms with E-state index in [2.05, 4.69) is 34.6 Å². The number of ether oxygens (including phenoxy) is 3. The highest BCUT2D eigenvalue weighted by atomic mass is 16.6. The Kier molecular flexibility index (Phi) is 40.8. The number of rotatable bonds is 43. The third-order valence-electron chi connectivity index (χ3n) is 11.0. The lowest BCUT2D eigenvalue weighted by Gasteiger charge is -2.18. The normalized spacial score (nSPS) is 12.1. The number of hydrogen-bond donors (Lipinski definition) is 0. The van der Waals surface area contributed by atoms with E-state index in [9.17, 15) is 14.4 Å². The first kappa shape index (κ1) is 53.4. The first-order chi connectivity index (χ1) is 26.7. The lowest BCUT2D eigenvalue weighted by molar-refractivity contribution is -0.167. The Morgan fingerprint density at radius 3 is 0.891 bits per heavy atom. The van der Waals surface area contributed by atoms with Gasteiger partial charge in [-0.15, -0.1) is 0 Å². The molecule has 6 nitrogen and oxygen atoms in total. The molecule has 6 heteroatoms. The van der Waals surface area contributed by atoms with Gasteiger partial charge < -0.3 is 14.2 Å². The first-order valence-corrected chi connectivity index (χ1v) is 24.2. The molecule has 0 amide bonds. The van der Waals surface area contributed by atoms with E-state index in [1.54, 1.807) is 0 Å². The van der Waals surface area contributed by atoms with Crippen LogP contribution in [0.2, 0.25) is 0 Å². The summed E-state index contributed by atoms with van der Waals surface area (Å²) in [6.45, 7) is 11.3. The predicted molar refractivity (Wildman–Crippen MR) is 233 cm³/mol. The fourth-order valence-electron chi connectivity index (χ4n) is 7.28. The van der Waals surface area contributed by atoms with E-state index in [1.165, 1.54) is 154 Å². The van der Waals surface area contributed by atoms with Gasteiger partial charge >= 0.3 is 17.9 Å². The van der Waals surface area contributed by atoms with Gasteiger partial charge in [-0.25, -0.2) is 0 Å². The molecule has 0 rings (SSSR count). The molecule has 0 aromatic heterocycles. The van der Waals surface area contributed by atoms with E-state index in [0.29, 0.717) is 19.3 Å². The van der Waals surface area contributed by atoms with Crippen LogP contribution < -0.4 is 0 Å². The van der Waals surface area contributed by atoms with Crippen molar-refractivity contribution >= 4 is 17.9 Å². The van der Waals surface area contributed by atoms with E-state index < -0.39 is 6.10 Å². The molecule has 0 aliphatic heterocycles. The van der Waals surface area contributed by atoms with Gasteiger partial charge in [0.2, 0.25) is 0 Å². The van der Waals surface area contributed by atoms with Crippen LogP contribution in [0.25, 0.3) is 0 Å². The number of unbranched alkanes of at least 4 members (excludes halogenated alkanes) is 28. The second kappa shape index (κ2) is 42.0. The predicted octanol–water partition coefficient (Wildman–Crippen LogP) is 15.4. The van der Waals surface area contributed by atoms with Gasteiger partial charge in [0, 0.05) is 19.3 Å². The molecule has 0 bridgehead atoms. The fourth-order valence-corrected chi connectivity index (χ4v) is 7.28. The second-order valence-corrected chi connectivity index (χ2v) is 17.7. The number of hydrogen-bond acceptors (Lipinski definition) is 6. The summed E-state index contributed by atoms with van der Waals surface area (Å²) in [7, 11) is 0. The molecule has 0 saturated heterocycles. The van der Waals surface area contributed by atoms with Gasteiger partial charge in [-0.05, 0) is 31.1 Å². The average molecular weight is 779 g/mol. The molecular weight excluding hydrogens is 685 g/mol. The third kappa shape index (κ3) is 43.4. The minimum atomic E-state index is -0.761. The van der Waals surface area contributed by atoms with Crippen molar-refractivity contribution in [3.63, 3.8) is 0 Å². The van der Waals surface area contributed by atoms with Crippen molar-refractivity contribution in [1.29, 1.82) is 0 Å². The van der Waals surface area contributed by atoms with Crippen LogP contribution in [-0.4, -0.2) is 37.2 Å². The molecule has 0 aliphatic rings. The third-order valence-corrected chi connectivity index (χ3v) is 11.0. The Morgan fingerprint density at radius 1 is 0.345 bits per heavy atom. The molecular formula is C49H94O6. The van der Waals surface area contributed by atoms with Gasteiger partial charge in [0.05, 0.1) is 0 Å². The number of esters is 3. The zero-order valence-electron chi connectivity index (χ0n) is 37.6. The highest BCUT2D eigenvalue weighted by Crippen LogP contribution is 2.17. The van der Waals surface area contributed by atoms with Gasteiger partial charge in [0.25, 0.3) is 0 Å². The van der Waals surface area contributed by atoms with Crippen LogP contribution in [0.4, 0.5) is 0 Å². The van der Waals surface area contributed by atoms with Crippen molar-refractivity contribution in [3.8, 4) is 0 Å². The molecule has 0 N–H and O–H groups in total. The topological polar surface area (TPSA) is 78.9 Å². The van der Waals surface area contributed by atoms with E-state index >= 15 is 0 Å². The van der Waals surface area contributed by atoms with Gasteiger partial charge in [-0.2, -0.15) is 0 Å². The molecule has 1 atom stereocenters. The van der Waals surface area contributed by atoms with Gasteiger partial charge in [-0.1, -0.05) is 227 Å². The maximum Gasteiger partial charge on any atom is 0.306 e. The largest absolute Gasteiger partial charge is 0.462 e. The van der Waals surface area contributed by atoms with Crippen LogP contribution in [0.1, 0.15) is 266 Å². The molecule has 0 aromatic rings. The molecule has 55 heavy (non-hydrogen) atoms. The van der Waals surface area contributed by atoms with Crippen molar-refractivity contribution in [2.24, 2.45) is 11.8 Å². The van der Waals surface area contributed by atoms with Crippen LogP contribution >= 0.6 is 0 Å². The first-order valence-electron chi connectivity index (χ1n) is 24.2. The summed E-state index contributed by atoms with van der Waals surface area (Å²) < 4.78 is 16.7. The number of carbonyl (C=O) groups is 3. The van der Waals surface area contributed by atoms with E-state index in [-0.39, 0.29) is 31.1 Å². The highest BCUT2D eigenvalue weighted by molar-refractivity contribution is 5.71. The summed E-state index contributed by atoms with van der Waals surface area (Å²) in [5.74, 6) is 0.764. The highest BCUT2D eigenvalue weighted by Gasteiger charge is 2.19. The average Bonchev–Trinajstić information content (AvgIpc) is 3.15. The minimum Gasteiger partial charge on any atom is -0.462 e. The molecule has 0 radical (unpaired) electrons. The summed E-state index contributed by atoms with van der Waals surface area (Å²) in [5.41, 5.74) is 0. The van der Waals surface area contributed by atoms with Crippen molar-refractivity contribution in [2.75, 3.05) is 13.2 Å². The summed E-state index contributed by atoms with van der Waals surface area (Å²) in [6, 6.07) is 0. The van der Waals surface area contributed by atoms with Crippen molar-refractivity contribution in [3.05, 3.63) is 0 Å². The summed E-state index contributed by atoms with van der Waals surface area (Å²) in [6.07, 6.45) is 40.9. The van der Waals surface area contributed by atoms with Gasteiger partial charge in [0.1, 0.15) is 13.2 Å². The molecule has 0 aromatic carbocycles. The van der Waals surface area contributed by atoms with E-state index in [0.717, 1.165) is 69.6 Å². The zero-order chi connectivity index (χ0) is 40.5. The number of carbonyl (C=O) groups excluding carboxylic acids is 3. The van der Waals surface area contributed by atoms with Crippen LogP contribution in [0.5, 0.6) is 0 Å². The summed E-state index contributed by atoms with van der Waals surface area (Å²) in [5, 5.41) is 0. The molecule has 0 spiro atoms. The second-order valence-electron chi connectivity index (χ2n) is 17.7. The quantitative estimate of drug-likeness (QED) is 0.0348. The monoisotopic (exact) mass is 779 g/mol. The van der Waals surface area contributed by atoms with Crippen LogP contribution in [0.15, 0.2) is 0 Å². The maximum atomic E-state index is 12.7.